The summed E-state index contributed by atoms with van der Waals surface area (Å²) in [7, 11) is -0.866. The van der Waals surface area contributed by atoms with Crippen molar-refractivity contribution < 1.29 is 32.4 Å². The van der Waals surface area contributed by atoms with Crippen molar-refractivity contribution in [1.82, 2.24) is 0 Å². The predicted molar refractivity (Wildman–Crippen MR) is 88.0 cm³/mol. The van der Waals surface area contributed by atoms with E-state index in [9.17, 15) is 23.1 Å². The molecule has 4 nitrogen and oxygen atoms in total. The maximum atomic E-state index is 13.1. The summed E-state index contributed by atoms with van der Waals surface area (Å²) < 4.78 is 50.8. The molecule has 1 aromatic rings. The second kappa shape index (κ2) is 6.59. The molecule has 1 aromatic carbocycles. The standard InChI is InChI=1S/C17H20BF3O4/c1-15(2)16(3,4)25-18(24-15)13(10-23)7-11-5-6-12(9-22)14(8-11)17(19,20)21/h5-9,23H,10H2,1-4H3. The van der Waals surface area contributed by atoms with Crippen molar-refractivity contribution in [2.75, 3.05) is 6.61 Å². The number of alkyl halides is 3. The molecule has 0 bridgehead atoms. The summed E-state index contributed by atoms with van der Waals surface area (Å²) in [4.78, 5) is 10.8. The molecule has 1 aliphatic rings. The van der Waals surface area contributed by atoms with Gasteiger partial charge < -0.3 is 14.4 Å². The Morgan fingerprint density at radius 1 is 1.20 bits per heavy atom. The highest BCUT2D eigenvalue weighted by molar-refractivity contribution is 6.55. The van der Waals surface area contributed by atoms with E-state index in [1.165, 1.54) is 12.1 Å². The summed E-state index contributed by atoms with van der Waals surface area (Å²) in [5.41, 5.74) is -2.25. The zero-order valence-electron chi connectivity index (χ0n) is 14.5. The van der Waals surface area contributed by atoms with Crippen LogP contribution in [0, 0.1) is 0 Å². The third-order valence-corrected chi connectivity index (χ3v) is 4.60. The summed E-state index contributed by atoms with van der Waals surface area (Å²) in [6.45, 7) is 6.91. The molecule has 0 saturated carbocycles. The predicted octanol–water partition coefficient (Wildman–Crippen LogP) is 3.53. The van der Waals surface area contributed by atoms with Gasteiger partial charge in [0.1, 0.15) is 0 Å². The van der Waals surface area contributed by atoms with E-state index in [4.69, 9.17) is 9.31 Å². The van der Waals surface area contributed by atoms with Crippen LogP contribution in [0.4, 0.5) is 13.2 Å². The molecule has 25 heavy (non-hydrogen) atoms. The second-order valence-corrected chi connectivity index (χ2v) is 6.93. The van der Waals surface area contributed by atoms with Crippen molar-refractivity contribution in [2.24, 2.45) is 0 Å². The van der Waals surface area contributed by atoms with Gasteiger partial charge in [-0.2, -0.15) is 13.2 Å². The van der Waals surface area contributed by atoms with Crippen LogP contribution in [0.5, 0.6) is 0 Å². The van der Waals surface area contributed by atoms with Crippen LogP contribution in [0.25, 0.3) is 6.08 Å². The summed E-state index contributed by atoms with van der Waals surface area (Å²) in [5, 5.41) is 9.61. The lowest BCUT2D eigenvalue weighted by molar-refractivity contribution is -0.137. The highest BCUT2D eigenvalue weighted by atomic mass is 19.4. The minimum Gasteiger partial charge on any atom is -0.400 e. The van der Waals surface area contributed by atoms with Crippen LogP contribution >= 0.6 is 0 Å². The molecular weight excluding hydrogens is 336 g/mol. The molecule has 0 radical (unpaired) electrons. The highest BCUT2D eigenvalue weighted by Gasteiger charge is 2.52. The molecule has 0 spiro atoms. The third kappa shape index (κ3) is 3.97. The fourth-order valence-electron chi connectivity index (χ4n) is 2.41. The first-order valence-electron chi connectivity index (χ1n) is 7.74. The molecule has 0 atom stereocenters. The summed E-state index contributed by atoms with van der Waals surface area (Å²) in [5.74, 6) is 0. The Bertz CT molecular complexity index is 680. The van der Waals surface area contributed by atoms with E-state index in [1.54, 1.807) is 0 Å². The lowest BCUT2D eigenvalue weighted by Gasteiger charge is -2.32. The zero-order valence-corrected chi connectivity index (χ0v) is 14.5. The first-order chi connectivity index (χ1) is 11.4. The number of aliphatic hydroxyl groups is 1. The van der Waals surface area contributed by atoms with Gasteiger partial charge in [0.05, 0.1) is 23.4 Å². The molecule has 0 unspecified atom stereocenters. The van der Waals surface area contributed by atoms with Gasteiger partial charge in [0, 0.05) is 5.56 Å². The van der Waals surface area contributed by atoms with Crippen LogP contribution in [0.1, 0.15) is 49.2 Å². The molecule has 1 N–H and O–H groups in total. The van der Waals surface area contributed by atoms with E-state index in [0.717, 1.165) is 12.1 Å². The summed E-state index contributed by atoms with van der Waals surface area (Å²) >= 11 is 0. The summed E-state index contributed by atoms with van der Waals surface area (Å²) in [6.07, 6.45) is -3.10. The minimum atomic E-state index is -4.65. The van der Waals surface area contributed by atoms with Gasteiger partial charge in [0.2, 0.25) is 0 Å². The minimum absolute atomic E-state index is 0.164. The summed E-state index contributed by atoms with van der Waals surface area (Å²) in [6, 6.07) is 3.34. The Hall–Kier alpha value is -1.64. The van der Waals surface area contributed by atoms with Crippen LogP contribution in [-0.4, -0.2) is 36.3 Å². The van der Waals surface area contributed by atoms with Crippen LogP contribution in [-0.2, 0) is 15.5 Å². The maximum Gasteiger partial charge on any atom is 0.492 e. The van der Waals surface area contributed by atoms with Crippen molar-refractivity contribution in [3.63, 3.8) is 0 Å². The molecule has 2 rings (SSSR count). The first-order valence-corrected chi connectivity index (χ1v) is 7.74. The number of carbonyl (C=O) groups excluding carboxylic acids is 1. The number of aliphatic hydroxyl groups excluding tert-OH is 1. The average Bonchev–Trinajstić information content (AvgIpc) is 2.71. The lowest BCUT2D eigenvalue weighted by atomic mass is 9.77. The van der Waals surface area contributed by atoms with Gasteiger partial charge in [0.25, 0.3) is 0 Å². The molecule has 136 valence electrons. The van der Waals surface area contributed by atoms with Gasteiger partial charge >= 0.3 is 13.3 Å². The average molecular weight is 356 g/mol. The Kier molecular flexibility index (Phi) is 5.19. The fraction of sp³-hybridized carbons (Fsp3) is 0.471. The van der Waals surface area contributed by atoms with Gasteiger partial charge in [-0.15, -0.1) is 0 Å². The molecule has 0 aliphatic carbocycles. The van der Waals surface area contributed by atoms with Crippen molar-refractivity contribution in [3.05, 3.63) is 40.4 Å². The van der Waals surface area contributed by atoms with E-state index in [0.29, 0.717) is 5.47 Å². The quantitative estimate of drug-likeness (QED) is 0.663. The van der Waals surface area contributed by atoms with Gasteiger partial charge in [-0.3, -0.25) is 4.79 Å². The SMILES string of the molecule is CC1(C)OB(C(=Cc2ccc(C=O)c(C(F)(F)F)c2)CO)OC1(C)C. The first kappa shape index (κ1) is 19.7. The lowest BCUT2D eigenvalue weighted by Crippen LogP contribution is -2.41. The monoisotopic (exact) mass is 356 g/mol. The molecule has 0 amide bonds. The topological polar surface area (TPSA) is 55.8 Å². The Morgan fingerprint density at radius 2 is 1.76 bits per heavy atom. The van der Waals surface area contributed by atoms with Crippen molar-refractivity contribution in [3.8, 4) is 0 Å². The van der Waals surface area contributed by atoms with E-state index < -0.39 is 42.2 Å². The van der Waals surface area contributed by atoms with Crippen molar-refractivity contribution in [2.45, 2.75) is 45.1 Å². The number of rotatable bonds is 4. The Morgan fingerprint density at radius 3 is 2.20 bits per heavy atom. The number of hydrogen-bond acceptors (Lipinski definition) is 4. The molecule has 8 heteroatoms. The van der Waals surface area contributed by atoms with Gasteiger partial charge in [-0.1, -0.05) is 18.2 Å². The van der Waals surface area contributed by atoms with Crippen LogP contribution in [0.15, 0.2) is 23.7 Å². The largest absolute Gasteiger partial charge is 0.492 e. The molecule has 0 aromatic heterocycles. The van der Waals surface area contributed by atoms with Gasteiger partial charge in [-0.05, 0) is 44.8 Å². The smallest absolute Gasteiger partial charge is 0.400 e. The fourth-order valence-corrected chi connectivity index (χ4v) is 2.41. The van der Waals surface area contributed by atoms with Crippen molar-refractivity contribution >= 4 is 19.5 Å². The number of hydrogen-bond donors (Lipinski definition) is 1. The van der Waals surface area contributed by atoms with E-state index >= 15 is 0 Å². The van der Waals surface area contributed by atoms with Crippen LogP contribution in [0.3, 0.4) is 0 Å². The van der Waals surface area contributed by atoms with Crippen molar-refractivity contribution in [1.29, 1.82) is 0 Å². The van der Waals surface area contributed by atoms with E-state index in [1.807, 2.05) is 27.7 Å². The normalized spacial score (nSPS) is 20.0. The zero-order chi connectivity index (χ0) is 19.0. The number of aldehydes is 1. The van der Waals surface area contributed by atoms with Crippen LogP contribution in [0.2, 0.25) is 0 Å². The van der Waals surface area contributed by atoms with Crippen LogP contribution < -0.4 is 0 Å². The number of benzene rings is 1. The second-order valence-electron chi connectivity index (χ2n) is 6.93. The molecule has 1 aliphatic heterocycles. The number of carbonyl (C=O) groups is 1. The molecular formula is C17H20BF3O4. The van der Waals surface area contributed by atoms with Gasteiger partial charge in [-0.25, -0.2) is 0 Å². The van der Waals surface area contributed by atoms with E-state index in [2.05, 4.69) is 0 Å². The highest BCUT2D eigenvalue weighted by Crippen LogP contribution is 2.39. The molecule has 1 saturated heterocycles. The van der Waals surface area contributed by atoms with Gasteiger partial charge in [0.15, 0.2) is 6.29 Å². The molecule has 1 heterocycles. The maximum absolute atomic E-state index is 13.1. The Balaban J connectivity index is 2.40. The number of halogens is 3. The third-order valence-electron chi connectivity index (χ3n) is 4.60. The molecule has 1 fully saturated rings. The Labute approximate surface area is 144 Å². The van der Waals surface area contributed by atoms with E-state index in [-0.39, 0.29) is 11.8 Å².